The first kappa shape index (κ1) is 13.0. The van der Waals surface area contributed by atoms with Crippen LogP contribution in [0.4, 0.5) is 0 Å². The maximum absolute atomic E-state index is 12.0. The van der Waals surface area contributed by atoms with Crippen molar-refractivity contribution in [1.82, 2.24) is 0 Å². The second-order valence-corrected chi connectivity index (χ2v) is 4.47. The summed E-state index contributed by atoms with van der Waals surface area (Å²) in [5, 5.41) is 9.99. The van der Waals surface area contributed by atoms with E-state index in [9.17, 15) is 19.5 Å². The Bertz CT molecular complexity index is 848. The van der Waals surface area contributed by atoms with E-state index in [0.717, 1.165) is 0 Å². The van der Waals surface area contributed by atoms with E-state index in [4.69, 9.17) is 9.25 Å². The molecule has 0 spiro atoms. The predicted octanol–water partition coefficient (Wildman–Crippen LogP) is 1.15. The van der Waals surface area contributed by atoms with Gasteiger partial charge in [0.25, 0.3) is 0 Å². The Morgan fingerprint density at radius 1 is 1.24 bits per heavy atom. The fourth-order valence-electron chi connectivity index (χ4n) is 2.01. The highest BCUT2D eigenvalue weighted by molar-refractivity contribution is 5.93. The zero-order valence-corrected chi connectivity index (χ0v) is 10.7. The summed E-state index contributed by atoms with van der Waals surface area (Å²) >= 11 is 0. The van der Waals surface area contributed by atoms with Gasteiger partial charge in [-0.2, -0.15) is 4.84 Å². The lowest BCUT2D eigenvalue weighted by Crippen LogP contribution is -2.27. The molecule has 1 aliphatic heterocycles. The number of hydroxylamine groups is 1. The Kier molecular flexibility index (Phi) is 3.02. The van der Waals surface area contributed by atoms with Gasteiger partial charge in [0.05, 0.1) is 17.6 Å². The van der Waals surface area contributed by atoms with E-state index in [1.807, 2.05) is 0 Å². The zero-order chi connectivity index (χ0) is 15.0. The van der Waals surface area contributed by atoms with Crippen molar-refractivity contribution < 1.29 is 28.7 Å². The summed E-state index contributed by atoms with van der Waals surface area (Å²) in [7, 11) is 0. The number of para-hydroxylation sites is 1. The van der Waals surface area contributed by atoms with Crippen LogP contribution in [-0.2, 0) is 9.63 Å². The van der Waals surface area contributed by atoms with E-state index in [0.29, 0.717) is 15.7 Å². The van der Waals surface area contributed by atoms with E-state index in [1.165, 1.54) is 6.07 Å². The van der Waals surface area contributed by atoms with Crippen LogP contribution in [0.1, 0.15) is 23.2 Å². The van der Waals surface area contributed by atoms with Gasteiger partial charge in [-0.15, -0.1) is 0 Å². The van der Waals surface area contributed by atoms with Gasteiger partial charge in [0.15, 0.2) is 5.56 Å². The number of carbonyl (C=O) groups is 2. The number of aliphatic hydroxyl groups is 1. The molecule has 1 aromatic heterocycles. The van der Waals surface area contributed by atoms with Crippen LogP contribution in [0.25, 0.3) is 11.0 Å². The van der Waals surface area contributed by atoms with Gasteiger partial charge in [0.2, 0.25) is 0 Å². The molecule has 0 fully saturated rings. The number of nitrogens with zero attached hydrogens (tertiary/aromatic N) is 1. The predicted molar refractivity (Wildman–Crippen MR) is 70.0 cm³/mol. The molecule has 106 valence electrons. The average molecular weight is 288 g/mol. The Balaban J connectivity index is 1.99. The molecule has 1 aliphatic rings. The largest absolute Gasteiger partial charge is 0.460 e. The average Bonchev–Trinajstić information content (AvgIpc) is 2.78. The van der Waals surface area contributed by atoms with Gasteiger partial charge < -0.3 is 9.52 Å². The summed E-state index contributed by atoms with van der Waals surface area (Å²) in [6.07, 6.45) is 0.143. The van der Waals surface area contributed by atoms with Gasteiger partial charge in [-0.3, -0.25) is 0 Å². The molecule has 1 aromatic carbocycles. The first-order valence-corrected chi connectivity index (χ1v) is 6.19. The van der Waals surface area contributed by atoms with Crippen LogP contribution in [0, 0.1) is 0 Å². The molecule has 2 heterocycles. The van der Waals surface area contributed by atoms with E-state index in [-0.39, 0.29) is 24.3 Å². The monoisotopic (exact) mass is 288 g/mol. The minimum Gasteiger partial charge on any atom is -0.460 e. The van der Waals surface area contributed by atoms with Gasteiger partial charge in [0, 0.05) is 5.39 Å². The third-order valence-electron chi connectivity index (χ3n) is 3.06. The van der Waals surface area contributed by atoms with Crippen molar-refractivity contribution in [3.05, 3.63) is 46.3 Å². The van der Waals surface area contributed by atoms with Crippen molar-refractivity contribution in [3.63, 3.8) is 0 Å². The van der Waals surface area contributed by atoms with Crippen LogP contribution < -0.4 is 5.63 Å². The zero-order valence-electron chi connectivity index (χ0n) is 10.7. The summed E-state index contributed by atoms with van der Waals surface area (Å²) in [5.74, 6) is -1.97. The maximum Gasteiger partial charge on any atom is 0.439 e. The molecule has 1 N–H and O–H groups in total. The quantitative estimate of drug-likeness (QED) is 0.506. The molecule has 1 amide bonds. The van der Waals surface area contributed by atoms with E-state index in [1.54, 1.807) is 24.3 Å². The van der Waals surface area contributed by atoms with Gasteiger partial charge in [0.1, 0.15) is 5.58 Å². The second-order valence-electron chi connectivity index (χ2n) is 4.47. The summed E-state index contributed by atoms with van der Waals surface area (Å²) in [6.45, 7) is 0. The number of fused-ring (bicyclic) bond motifs is 1. The number of hydrogen-bond donors (Lipinski definition) is 1. The molecule has 0 bridgehead atoms. The number of carbonyl (C=O) groups excluding carboxylic acids is 2. The number of aliphatic hydroxyl groups excluding tert-OH is 1. The molecule has 0 unspecified atom stereocenters. The molecule has 0 aliphatic carbocycles. The standard InChI is InChI=1S/C14H9NO6/c16-11-5-6-12(17)15(11)21-14(19)9-7-8-3-1-2-4-10(8)20-13(9)18/h1-4,7H,5-6H2/p+1. The third kappa shape index (κ3) is 2.29. The van der Waals surface area contributed by atoms with Gasteiger partial charge >= 0.3 is 23.4 Å². The maximum atomic E-state index is 12.0. The molecule has 21 heavy (non-hydrogen) atoms. The Morgan fingerprint density at radius 3 is 2.71 bits per heavy atom. The second kappa shape index (κ2) is 4.86. The minimum atomic E-state index is -1.06. The van der Waals surface area contributed by atoms with Crippen molar-refractivity contribution >= 4 is 28.7 Å². The molecule has 0 radical (unpaired) electrons. The first-order chi connectivity index (χ1) is 10.1. The topological polar surface area (TPSA) is 96.8 Å². The van der Waals surface area contributed by atoms with Crippen molar-refractivity contribution in [2.45, 2.75) is 12.8 Å². The first-order valence-electron chi connectivity index (χ1n) is 6.19. The lowest BCUT2D eigenvalue weighted by molar-refractivity contribution is -0.691. The number of benzene rings is 1. The van der Waals surface area contributed by atoms with Crippen LogP contribution >= 0.6 is 0 Å². The smallest absolute Gasteiger partial charge is 0.439 e. The van der Waals surface area contributed by atoms with Crippen molar-refractivity contribution in [1.29, 1.82) is 0 Å². The number of hydrogen-bond acceptors (Lipinski definition) is 5. The van der Waals surface area contributed by atoms with Crippen LogP contribution in [0.3, 0.4) is 0 Å². The van der Waals surface area contributed by atoms with Crippen molar-refractivity contribution in [2.24, 2.45) is 0 Å². The Hall–Kier alpha value is -2.96. The Labute approximate surface area is 117 Å². The van der Waals surface area contributed by atoms with Crippen molar-refractivity contribution in [3.8, 4) is 0 Å². The molecule has 7 heteroatoms. The molecule has 0 saturated heterocycles. The molecular weight excluding hydrogens is 278 g/mol. The van der Waals surface area contributed by atoms with E-state index >= 15 is 0 Å². The third-order valence-corrected chi connectivity index (χ3v) is 3.06. The summed E-state index contributed by atoms with van der Waals surface area (Å²) < 4.78 is 5.50. The Morgan fingerprint density at radius 2 is 2.00 bits per heavy atom. The van der Waals surface area contributed by atoms with E-state index < -0.39 is 17.5 Å². The molecule has 2 aromatic rings. The highest BCUT2D eigenvalue weighted by atomic mass is 16.7. The lowest BCUT2D eigenvalue weighted by atomic mass is 10.2. The molecule has 7 nitrogen and oxygen atoms in total. The highest BCUT2D eigenvalue weighted by Gasteiger charge is 2.38. The molecule has 0 saturated carbocycles. The van der Waals surface area contributed by atoms with Crippen LogP contribution in [-0.4, -0.2) is 27.6 Å². The van der Waals surface area contributed by atoms with Crippen molar-refractivity contribution in [2.75, 3.05) is 0 Å². The van der Waals surface area contributed by atoms with E-state index in [2.05, 4.69) is 0 Å². The van der Waals surface area contributed by atoms with Gasteiger partial charge in [-0.05, 0) is 12.1 Å². The summed E-state index contributed by atoms with van der Waals surface area (Å²) in [4.78, 5) is 39.9. The fourth-order valence-corrected chi connectivity index (χ4v) is 2.01. The van der Waals surface area contributed by atoms with Crippen LogP contribution in [0.2, 0.25) is 0 Å². The summed E-state index contributed by atoms with van der Waals surface area (Å²) in [5.41, 5.74) is -0.878. The van der Waals surface area contributed by atoms with Gasteiger partial charge in [-0.25, -0.2) is 14.4 Å². The van der Waals surface area contributed by atoms with Crippen LogP contribution in [0.15, 0.2) is 39.5 Å². The normalized spacial score (nSPS) is 14.8. The van der Waals surface area contributed by atoms with Gasteiger partial charge in [-0.1, -0.05) is 18.2 Å². The fraction of sp³-hybridized carbons (Fsp3) is 0.143. The molecular formula is C14H10NO6+. The summed E-state index contributed by atoms with van der Waals surface area (Å²) in [6, 6.07) is 8.00. The highest BCUT2D eigenvalue weighted by Crippen LogP contribution is 2.14. The molecule has 3 rings (SSSR count). The molecule has 0 atom stereocenters. The number of amides is 1. The lowest BCUT2D eigenvalue weighted by Gasteiger charge is -1.99. The number of rotatable bonds is 2. The van der Waals surface area contributed by atoms with Crippen LogP contribution in [0.5, 0.6) is 0 Å². The SMILES string of the molecule is O=C(O[N+]1=C(O)CCC1=O)c1cc2ccccc2oc1=O. The minimum absolute atomic E-state index is 0.0471.